The van der Waals surface area contributed by atoms with Crippen molar-refractivity contribution >= 4 is 0 Å². The minimum Gasteiger partial charge on any atom is -0.388 e. The Morgan fingerprint density at radius 2 is 1.73 bits per heavy atom. The van der Waals surface area contributed by atoms with Gasteiger partial charge >= 0.3 is 0 Å². The first-order chi connectivity index (χ1) is 7.19. The highest BCUT2D eigenvalue weighted by molar-refractivity contribution is 5.24. The number of aryl methyl sites for hydroxylation is 1. The molecule has 0 fully saturated rings. The highest BCUT2D eigenvalue weighted by atomic mass is 16.3. The van der Waals surface area contributed by atoms with Crippen LogP contribution in [0.3, 0.4) is 0 Å². The molecule has 0 saturated heterocycles. The second-order valence-electron chi connectivity index (χ2n) is 4.32. The summed E-state index contributed by atoms with van der Waals surface area (Å²) in [5.41, 5.74) is 2.40. The second kappa shape index (κ2) is 5.92. The molecular formula is C14H22O. The molecule has 0 aliphatic heterocycles. The zero-order valence-electron chi connectivity index (χ0n) is 10.0. The van der Waals surface area contributed by atoms with Crippen LogP contribution in [0, 0.1) is 5.92 Å². The monoisotopic (exact) mass is 206 g/mol. The number of rotatable bonds is 5. The standard InChI is InChI=1S/C14H22O/c1-4-6-12-7-9-13(10-8-12)14(15)11(3)5-2/h7-11,14-15H,4-6H2,1-3H3. The third kappa shape index (κ3) is 3.35. The first kappa shape index (κ1) is 12.3. The minimum atomic E-state index is -0.314. The van der Waals surface area contributed by atoms with Crippen molar-refractivity contribution in [1.82, 2.24) is 0 Å². The predicted molar refractivity (Wildman–Crippen MR) is 64.9 cm³/mol. The molecule has 2 atom stereocenters. The lowest BCUT2D eigenvalue weighted by Crippen LogP contribution is -2.07. The number of hydrogen-bond donors (Lipinski definition) is 1. The third-order valence-electron chi connectivity index (χ3n) is 3.04. The highest BCUT2D eigenvalue weighted by Gasteiger charge is 2.13. The van der Waals surface area contributed by atoms with Gasteiger partial charge in [0.25, 0.3) is 0 Å². The molecule has 0 aliphatic carbocycles. The van der Waals surface area contributed by atoms with E-state index in [2.05, 4.69) is 45.0 Å². The zero-order chi connectivity index (χ0) is 11.3. The third-order valence-corrected chi connectivity index (χ3v) is 3.04. The first-order valence-electron chi connectivity index (χ1n) is 5.95. The number of benzene rings is 1. The molecule has 84 valence electrons. The van der Waals surface area contributed by atoms with Crippen LogP contribution in [0.15, 0.2) is 24.3 Å². The zero-order valence-corrected chi connectivity index (χ0v) is 10.0. The maximum Gasteiger partial charge on any atom is 0.0815 e. The van der Waals surface area contributed by atoms with Crippen molar-refractivity contribution in [3.63, 3.8) is 0 Å². The molecule has 0 aromatic heterocycles. The van der Waals surface area contributed by atoms with Crippen LogP contribution in [-0.4, -0.2) is 5.11 Å². The van der Waals surface area contributed by atoms with E-state index in [0.29, 0.717) is 5.92 Å². The maximum atomic E-state index is 10.0. The molecule has 0 heterocycles. The Morgan fingerprint density at radius 1 is 1.13 bits per heavy atom. The van der Waals surface area contributed by atoms with Crippen LogP contribution in [0.2, 0.25) is 0 Å². The van der Waals surface area contributed by atoms with E-state index in [9.17, 15) is 5.11 Å². The molecule has 2 unspecified atom stereocenters. The molecule has 0 saturated carbocycles. The van der Waals surface area contributed by atoms with Gasteiger partial charge in [0.1, 0.15) is 0 Å². The van der Waals surface area contributed by atoms with Gasteiger partial charge in [-0.05, 0) is 23.5 Å². The van der Waals surface area contributed by atoms with Crippen LogP contribution >= 0.6 is 0 Å². The lowest BCUT2D eigenvalue weighted by atomic mass is 9.94. The lowest BCUT2D eigenvalue weighted by molar-refractivity contribution is 0.115. The number of hydrogen-bond acceptors (Lipinski definition) is 1. The van der Waals surface area contributed by atoms with Crippen LogP contribution < -0.4 is 0 Å². The minimum absolute atomic E-state index is 0.314. The predicted octanol–water partition coefficient (Wildman–Crippen LogP) is 3.72. The van der Waals surface area contributed by atoms with E-state index in [4.69, 9.17) is 0 Å². The fourth-order valence-corrected chi connectivity index (χ4v) is 1.72. The molecule has 0 radical (unpaired) electrons. The van der Waals surface area contributed by atoms with Crippen molar-refractivity contribution < 1.29 is 5.11 Å². The van der Waals surface area contributed by atoms with E-state index in [-0.39, 0.29) is 6.10 Å². The Balaban J connectivity index is 2.70. The lowest BCUT2D eigenvalue weighted by Gasteiger charge is -2.17. The van der Waals surface area contributed by atoms with Gasteiger partial charge in [0, 0.05) is 0 Å². The van der Waals surface area contributed by atoms with Crippen molar-refractivity contribution in [3.05, 3.63) is 35.4 Å². The van der Waals surface area contributed by atoms with Gasteiger partial charge in [0.2, 0.25) is 0 Å². The molecule has 15 heavy (non-hydrogen) atoms. The van der Waals surface area contributed by atoms with Gasteiger partial charge in [0.05, 0.1) is 6.10 Å². The highest BCUT2D eigenvalue weighted by Crippen LogP contribution is 2.24. The van der Waals surface area contributed by atoms with Gasteiger partial charge < -0.3 is 5.11 Å². The van der Waals surface area contributed by atoms with Gasteiger partial charge in [0.15, 0.2) is 0 Å². The van der Waals surface area contributed by atoms with Gasteiger partial charge in [-0.2, -0.15) is 0 Å². The Labute approximate surface area is 93.1 Å². The molecule has 1 aromatic carbocycles. The van der Waals surface area contributed by atoms with Gasteiger partial charge in [-0.3, -0.25) is 0 Å². The molecular weight excluding hydrogens is 184 g/mol. The summed E-state index contributed by atoms with van der Waals surface area (Å²) >= 11 is 0. The summed E-state index contributed by atoms with van der Waals surface area (Å²) in [6, 6.07) is 8.37. The van der Waals surface area contributed by atoms with Crippen LogP contribution in [0.1, 0.15) is 50.8 Å². The fourth-order valence-electron chi connectivity index (χ4n) is 1.72. The topological polar surface area (TPSA) is 20.2 Å². The fraction of sp³-hybridized carbons (Fsp3) is 0.571. The molecule has 1 rings (SSSR count). The molecule has 1 heteroatoms. The summed E-state index contributed by atoms with van der Waals surface area (Å²) in [7, 11) is 0. The molecule has 1 nitrogen and oxygen atoms in total. The Bertz CT molecular complexity index is 276. The summed E-state index contributed by atoms with van der Waals surface area (Å²) in [5, 5.41) is 10.0. The van der Waals surface area contributed by atoms with Gasteiger partial charge in [-0.15, -0.1) is 0 Å². The Morgan fingerprint density at radius 3 is 2.20 bits per heavy atom. The molecule has 1 N–H and O–H groups in total. The normalized spacial score (nSPS) is 14.9. The average molecular weight is 206 g/mol. The summed E-state index contributed by atoms with van der Waals surface area (Å²) in [6.45, 7) is 6.38. The summed E-state index contributed by atoms with van der Waals surface area (Å²) in [4.78, 5) is 0. The summed E-state index contributed by atoms with van der Waals surface area (Å²) < 4.78 is 0. The van der Waals surface area contributed by atoms with Crippen LogP contribution in [0.4, 0.5) is 0 Å². The van der Waals surface area contributed by atoms with Crippen LogP contribution in [0.25, 0.3) is 0 Å². The number of aliphatic hydroxyl groups is 1. The van der Waals surface area contributed by atoms with E-state index in [0.717, 1.165) is 18.4 Å². The average Bonchev–Trinajstić information content (AvgIpc) is 2.28. The maximum absolute atomic E-state index is 10.0. The second-order valence-corrected chi connectivity index (χ2v) is 4.32. The van der Waals surface area contributed by atoms with Crippen LogP contribution in [0.5, 0.6) is 0 Å². The summed E-state index contributed by atoms with van der Waals surface area (Å²) in [6.07, 6.45) is 3.00. The SMILES string of the molecule is CCCc1ccc(C(O)C(C)CC)cc1. The van der Waals surface area contributed by atoms with Crippen LogP contribution in [-0.2, 0) is 6.42 Å². The largest absolute Gasteiger partial charge is 0.388 e. The van der Waals surface area contributed by atoms with Crippen molar-refractivity contribution in [1.29, 1.82) is 0 Å². The Hall–Kier alpha value is -0.820. The molecule has 0 spiro atoms. The van der Waals surface area contributed by atoms with Crippen molar-refractivity contribution in [2.75, 3.05) is 0 Å². The van der Waals surface area contributed by atoms with E-state index in [1.54, 1.807) is 0 Å². The van der Waals surface area contributed by atoms with E-state index in [1.807, 2.05) is 0 Å². The van der Waals surface area contributed by atoms with Crippen molar-refractivity contribution in [2.45, 2.75) is 46.1 Å². The summed E-state index contributed by atoms with van der Waals surface area (Å²) in [5.74, 6) is 0.335. The van der Waals surface area contributed by atoms with Crippen molar-refractivity contribution in [2.24, 2.45) is 5.92 Å². The van der Waals surface area contributed by atoms with E-state index < -0.39 is 0 Å². The van der Waals surface area contributed by atoms with E-state index >= 15 is 0 Å². The van der Waals surface area contributed by atoms with Gasteiger partial charge in [-0.1, -0.05) is 57.9 Å². The molecule has 1 aromatic rings. The van der Waals surface area contributed by atoms with E-state index in [1.165, 1.54) is 12.0 Å². The quantitative estimate of drug-likeness (QED) is 0.778. The smallest absolute Gasteiger partial charge is 0.0815 e. The molecule has 0 aliphatic rings. The molecule has 0 amide bonds. The molecule has 0 bridgehead atoms. The number of aliphatic hydroxyl groups excluding tert-OH is 1. The van der Waals surface area contributed by atoms with Crippen molar-refractivity contribution in [3.8, 4) is 0 Å². The van der Waals surface area contributed by atoms with Gasteiger partial charge in [-0.25, -0.2) is 0 Å². The Kier molecular flexibility index (Phi) is 4.83. The first-order valence-corrected chi connectivity index (χ1v) is 5.95.